The molecule has 1 N–H and O–H groups in total. The number of benzene rings is 1. The number of hydrogen-bond acceptors (Lipinski definition) is 4. The summed E-state index contributed by atoms with van der Waals surface area (Å²) in [6, 6.07) is 13.8. The van der Waals surface area contributed by atoms with Crippen molar-refractivity contribution in [2.75, 3.05) is 5.32 Å². The lowest BCUT2D eigenvalue weighted by molar-refractivity contribution is 0.0758. The highest BCUT2D eigenvalue weighted by Gasteiger charge is 2.33. The van der Waals surface area contributed by atoms with Crippen LogP contribution in [0.15, 0.2) is 42.6 Å². The second-order valence-electron chi connectivity index (χ2n) is 5.81. The van der Waals surface area contributed by atoms with E-state index in [2.05, 4.69) is 36.3 Å². The maximum atomic E-state index is 9.19. The van der Waals surface area contributed by atoms with Crippen molar-refractivity contribution < 1.29 is 4.74 Å². The summed E-state index contributed by atoms with van der Waals surface area (Å²) >= 11 is 0. The van der Waals surface area contributed by atoms with E-state index in [1.807, 2.05) is 18.2 Å². The monoisotopic (exact) mass is 279 g/mol. The third-order valence-corrected chi connectivity index (χ3v) is 3.62. The third kappa shape index (κ3) is 2.68. The number of para-hydroxylation sites is 1. The average Bonchev–Trinajstić information content (AvgIpc) is 2.46. The van der Waals surface area contributed by atoms with E-state index in [1.54, 1.807) is 18.3 Å². The third-order valence-electron chi connectivity index (χ3n) is 3.62. The lowest BCUT2D eigenvalue weighted by Crippen LogP contribution is -2.37. The minimum absolute atomic E-state index is 0.0759. The van der Waals surface area contributed by atoms with Crippen LogP contribution in [0.1, 0.15) is 37.4 Å². The van der Waals surface area contributed by atoms with E-state index in [1.165, 1.54) is 0 Å². The van der Waals surface area contributed by atoms with Gasteiger partial charge in [0.15, 0.2) is 0 Å². The molecule has 1 aromatic heterocycles. The van der Waals surface area contributed by atoms with E-state index >= 15 is 0 Å². The number of aromatic nitrogens is 1. The highest BCUT2D eigenvalue weighted by molar-refractivity contribution is 5.54. The molecule has 0 spiro atoms. The van der Waals surface area contributed by atoms with Gasteiger partial charge in [0, 0.05) is 18.2 Å². The fourth-order valence-corrected chi connectivity index (χ4v) is 2.71. The molecule has 0 aliphatic carbocycles. The summed E-state index contributed by atoms with van der Waals surface area (Å²) in [5.41, 5.74) is 1.40. The predicted molar refractivity (Wildman–Crippen MR) is 81.1 cm³/mol. The number of rotatable bonds is 2. The molecule has 0 bridgehead atoms. The van der Waals surface area contributed by atoms with Gasteiger partial charge >= 0.3 is 0 Å². The van der Waals surface area contributed by atoms with Crippen molar-refractivity contribution in [2.45, 2.75) is 31.9 Å². The lowest BCUT2D eigenvalue weighted by Gasteiger charge is -2.38. The maximum absolute atomic E-state index is 9.19. The Bertz CT molecular complexity index is 703. The van der Waals surface area contributed by atoms with Crippen molar-refractivity contribution in [3.05, 3.63) is 53.7 Å². The summed E-state index contributed by atoms with van der Waals surface area (Å²) in [5.74, 6) is 1.51. The van der Waals surface area contributed by atoms with Gasteiger partial charge in [-0.05, 0) is 32.0 Å². The van der Waals surface area contributed by atoms with Crippen LogP contribution in [-0.4, -0.2) is 10.6 Å². The summed E-state index contributed by atoms with van der Waals surface area (Å²) in [6.07, 6.45) is 2.50. The molecule has 1 atom stereocenters. The van der Waals surface area contributed by atoms with Gasteiger partial charge in [0.1, 0.15) is 23.2 Å². The summed E-state index contributed by atoms with van der Waals surface area (Å²) in [5, 5.41) is 12.6. The van der Waals surface area contributed by atoms with Crippen LogP contribution in [0.3, 0.4) is 0 Å². The smallest absolute Gasteiger partial charge is 0.144 e. The molecule has 2 heterocycles. The molecule has 0 saturated carbocycles. The Morgan fingerprint density at radius 2 is 2.10 bits per heavy atom. The first-order valence-electron chi connectivity index (χ1n) is 6.99. The Morgan fingerprint density at radius 3 is 2.90 bits per heavy atom. The van der Waals surface area contributed by atoms with Gasteiger partial charge in [-0.15, -0.1) is 0 Å². The van der Waals surface area contributed by atoms with Gasteiger partial charge in [-0.2, -0.15) is 5.26 Å². The Hall–Kier alpha value is -2.54. The van der Waals surface area contributed by atoms with Gasteiger partial charge < -0.3 is 10.1 Å². The molecule has 1 aliphatic heterocycles. The first-order chi connectivity index (χ1) is 10.1. The number of nitriles is 1. The number of fused-ring (bicyclic) bond motifs is 1. The lowest BCUT2D eigenvalue weighted by atomic mass is 9.89. The molecular weight excluding hydrogens is 262 g/mol. The van der Waals surface area contributed by atoms with Crippen LogP contribution in [0.4, 0.5) is 5.82 Å². The molecule has 0 fully saturated rings. The van der Waals surface area contributed by atoms with E-state index in [0.717, 1.165) is 17.7 Å². The number of nitrogens with zero attached hydrogens (tertiary/aromatic N) is 2. The largest absolute Gasteiger partial charge is 0.487 e. The van der Waals surface area contributed by atoms with Gasteiger partial charge in [-0.25, -0.2) is 4.98 Å². The van der Waals surface area contributed by atoms with Crippen molar-refractivity contribution >= 4 is 5.82 Å². The number of pyridine rings is 1. The van der Waals surface area contributed by atoms with E-state index in [0.29, 0.717) is 11.4 Å². The minimum atomic E-state index is -0.256. The molecule has 4 heteroatoms. The summed E-state index contributed by atoms with van der Waals surface area (Å²) in [6.45, 7) is 4.14. The van der Waals surface area contributed by atoms with E-state index in [4.69, 9.17) is 4.74 Å². The molecule has 1 unspecified atom stereocenters. The zero-order valence-corrected chi connectivity index (χ0v) is 12.1. The first kappa shape index (κ1) is 13.4. The van der Waals surface area contributed by atoms with Crippen molar-refractivity contribution in [3.8, 4) is 11.8 Å². The Morgan fingerprint density at radius 1 is 1.29 bits per heavy atom. The Labute approximate surface area is 124 Å². The zero-order chi connectivity index (χ0) is 14.9. The van der Waals surface area contributed by atoms with Crippen LogP contribution in [0.5, 0.6) is 5.75 Å². The molecule has 106 valence electrons. The van der Waals surface area contributed by atoms with Crippen LogP contribution in [-0.2, 0) is 0 Å². The first-order valence-corrected chi connectivity index (χ1v) is 6.99. The van der Waals surface area contributed by atoms with Crippen LogP contribution < -0.4 is 10.1 Å². The Balaban J connectivity index is 1.97. The standard InChI is InChI=1S/C17H17N3O/c1-17(2)10-14(13-7-3-4-8-15(13)21-17)20-16-12(11-18)6-5-9-19-16/h3-9,14H,10H2,1-2H3,(H,19,20). The summed E-state index contributed by atoms with van der Waals surface area (Å²) < 4.78 is 6.02. The van der Waals surface area contributed by atoms with Gasteiger partial charge in [0.25, 0.3) is 0 Å². The Kier molecular flexibility index (Phi) is 3.26. The van der Waals surface area contributed by atoms with Gasteiger partial charge in [0.2, 0.25) is 0 Å². The van der Waals surface area contributed by atoms with Gasteiger partial charge in [0.05, 0.1) is 11.6 Å². The molecule has 2 aromatic rings. The fourth-order valence-electron chi connectivity index (χ4n) is 2.71. The molecule has 3 rings (SSSR count). The van der Waals surface area contributed by atoms with Crippen LogP contribution in [0, 0.1) is 11.3 Å². The van der Waals surface area contributed by atoms with Crippen molar-refractivity contribution in [1.29, 1.82) is 5.26 Å². The van der Waals surface area contributed by atoms with E-state index in [9.17, 15) is 5.26 Å². The molecule has 21 heavy (non-hydrogen) atoms. The van der Waals surface area contributed by atoms with Crippen LogP contribution in [0.25, 0.3) is 0 Å². The van der Waals surface area contributed by atoms with E-state index < -0.39 is 0 Å². The topological polar surface area (TPSA) is 57.9 Å². The van der Waals surface area contributed by atoms with Crippen molar-refractivity contribution in [1.82, 2.24) is 4.98 Å². The number of anilines is 1. The number of hydrogen-bond donors (Lipinski definition) is 1. The quantitative estimate of drug-likeness (QED) is 0.911. The normalized spacial score (nSPS) is 19.0. The number of nitrogens with one attached hydrogen (secondary N) is 1. The van der Waals surface area contributed by atoms with Crippen molar-refractivity contribution in [3.63, 3.8) is 0 Å². The van der Waals surface area contributed by atoms with Gasteiger partial charge in [-0.1, -0.05) is 18.2 Å². The molecule has 1 aromatic carbocycles. The molecule has 0 amide bonds. The predicted octanol–water partition coefficient (Wildman–Crippen LogP) is 3.67. The minimum Gasteiger partial charge on any atom is -0.487 e. The highest BCUT2D eigenvalue weighted by Crippen LogP contribution is 2.40. The van der Waals surface area contributed by atoms with Crippen molar-refractivity contribution in [2.24, 2.45) is 0 Å². The maximum Gasteiger partial charge on any atom is 0.144 e. The molecular formula is C17H17N3O. The fraction of sp³-hybridized carbons (Fsp3) is 0.294. The average molecular weight is 279 g/mol. The zero-order valence-electron chi connectivity index (χ0n) is 12.1. The number of ether oxygens (including phenoxy) is 1. The SMILES string of the molecule is CC1(C)CC(Nc2ncccc2C#N)c2ccccc2O1. The molecule has 4 nitrogen and oxygen atoms in total. The molecule has 0 saturated heterocycles. The second kappa shape index (κ2) is 5.10. The highest BCUT2D eigenvalue weighted by atomic mass is 16.5. The van der Waals surface area contributed by atoms with Gasteiger partial charge in [-0.3, -0.25) is 0 Å². The van der Waals surface area contributed by atoms with Crippen LogP contribution in [0.2, 0.25) is 0 Å². The summed E-state index contributed by atoms with van der Waals surface area (Å²) in [7, 11) is 0. The summed E-state index contributed by atoms with van der Waals surface area (Å²) in [4.78, 5) is 4.29. The molecule has 0 radical (unpaired) electrons. The molecule has 1 aliphatic rings. The second-order valence-corrected chi connectivity index (χ2v) is 5.81. The van der Waals surface area contributed by atoms with Crippen LogP contribution >= 0.6 is 0 Å². The van der Waals surface area contributed by atoms with E-state index in [-0.39, 0.29) is 11.6 Å².